The fraction of sp³-hybridized carbons (Fsp3) is 0.217. The van der Waals surface area contributed by atoms with Gasteiger partial charge in [-0.25, -0.2) is 8.78 Å². The zero-order valence-corrected chi connectivity index (χ0v) is 19.0. The molecule has 0 radical (unpaired) electrons. The molecule has 1 aliphatic heterocycles. The summed E-state index contributed by atoms with van der Waals surface area (Å²) >= 11 is 6.35. The maximum Gasteiger partial charge on any atom is 0.289 e. The van der Waals surface area contributed by atoms with Gasteiger partial charge in [-0.05, 0) is 30.3 Å². The minimum atomic E-state index is -1.89. The zero-order valence-electron chi connectivity index (χ0n) is 18.2. The predicted molar refractivity (Wildman–Crippen MR) is 119 cm³/mol. The van der Waals surface area contributed by atoms with Gasteiger partial charge >= 0.3 is 0 Å². The average Bonchev–Trinajstić information content (AvgIpc) is 3.38. The summed E-state index contributed by atoms with van der Waals surface area (Å²) in [6.45, 7) is 1.78. The number of amides is 2. The summed E-state index contributed by atoms with van der Waals surface area (Å²) in [5.41, 5.74) is -0.780. The Morgan fingerprint density at radius 2 is 1.66 bits per heavy atom. The molecule has 7 nitrogen and oxygen atoms in total. The average molecular weight is 512 g/mol. The number of nitrogens with one attached hydrogen (secondary N) is 1. The number of methoxy groups -OCH3 is 1. The highest BCUT2D eigenvalue weighted by molar-refractivity contribution is 6.33. The fourth-order valence-corrected chi connectivity index (χ4v) is 4.03. The van der Waals surface area contributed by atoms with E-state index in [-0.39, 0.29) is 22.4 Å². The highest BCUT2D eigenvalue weighted by Gasteiger charge is 2.30. The molecule has 0 atom stereocenters. The smallest absolute Gasteiger partial charge is 0.289 e. The van der Waals surface area contributed by atoms with Crippen molar-refractivity contribution in [1.29, 1.82) is 0 Å². The number of furan rings is 1. The van der Waals surface area contributed by atoms with Gasteiger partial charge in [0.05, 0.1) is 24.1 Å². The molecule has 184 valence electrons. The van der Waals surface area contributed by atoms with E-state index in [1.165, 1.54) is 18.4 Å². The SMILES string of the molecule is COc1c(F)c(F)c(C(=O)Nc2ccc(N3CCN(C(=O)c4ccco4)CC3)c(Cl)c2)c(F)c1F. The number of hydrogen-bond donors (Lipinski definition) is 1. The summed E-state index contributed by atoms with van der Waals surface area (Å²) in [5.74, 6) is -10.1. The Kier molecular flexibility index (Phi) is 6.88. The number of hydrogen-bond acceptors (Lipinski definition) is 5. The van der Waals surface area contributed by atoms with E-state index in [9.17, 15) is 27.2 Å². The van der Waals surface area contributed by atoms with Crippen LogP contribution in [0.4, 0.5) is 28.9 Å². The standard InChI is InChI=1S/C23H18ClF4N3O4/c1-34-21-19(27)17(25)16(18(26)20(21)28)22(32)29-12-4-5-14(13(24)11-12)30-6-8-31(9-7-30)23(33)15-3-2-10-35-15/h2-5,10-11H,6-9H2,1H3,(H,29,32). The van der Waals surface area contributed by atoms with Gasteiger partial charge in [-0.1, -0.05) is 11.6 Å². The summed E-state index contributed by atoms with van der Waals surface area (Å²) < 4.78 is 65.8. The van der Waals surface area contributed by atoms with E-state index >= 15 is 0 Å². The van der Waals surface area contributed by atoms with E-state index in [0.717, 1.165) is 7.11 Å². The Morgan fingerprint density at radius 1 is 1.00 bits per heavy atom. The molecule has 3 aromatic rings. The van der Waals surface area contributed by atoms with E-state index < -0.39 is 40.5 Å². The number of piperazine rings is 1. The van der Waals surface area contributed by atoms with Crippen LogP contribution in [0.25, 0.3) is 0 Å². The molecule has 0 aliphatic carbocycles. The van der Waals surface area contributed by atoms with Crippen LogP contribution in [0.5, 0.6) is 5.75 Å². The van der Waals surface area contributed by atoms with Crippen LogP contribution < -0.4 is 15.0 Å². The van der Waals surface area contributed by atoms with E-state index in [0.29, 0.717) is 31.9 Å². The summed E-state index contributed by atoms with van der Waals surface area (Å²) in [6, 6.07) is 7.55. The van der Waals surface area contributed by atoms with Crippen LogP contribution in [0.15, 0.2) is 41.0 Å². The number of nitrogens with zero attached hydrogens (tertiary/aromatic N) is 2. The van der Waals surface area contributed by atoms with Crippen LogP contribution in [0.3, 0.4) is 0 Å². The minimum Gasteiger partial charge on any atom is -0.491 e. The number of carbonyl (C=O) groups excluding carboxylic acids is 2. The van der Waals surface area contributed by atoms with Crippen molar-refractivity contribution >= 4 is 34.8 Å². The van der Waals surface area contributed by atoms with Crippen LogP contribution in [0.2, 0.25) is 5.02 Å². The van der Waals surface area contributed by atoms with Crippen LogP contribution in [-0.4, -0.2) is 50.0 Å². The molecule has 1 aliphatic rings. The van der Waals surface area contributed by atoms with E-state index in [2.05, 4.69) is 10.1 Å². The molecule has 2 heterocycles. The third-order valence-corrected chi connectivity index (χ3v) is 5.80. The Balaban J connectivity index is 1.46. The van der Waals surface area contributed by atoms with Gasteiger partial charge in [0.1, 0.15) is 5.56 Å². The summed E-state index contributed by atoms with van der Waals surface area (Å²) in [4.78, 5) is 28.4. The number of carbonyl (C=O) groups is 2. The number of ether oxygens (including phenoxy) is 1. The van der Waals surface area contributed by atoms with Gasteiger partial charge in [-0.3, -0.25) is 9.59 Å². The van der Waals surface area contributed by atoms with Crippen molar-refractivity contribution in [2.24, 2.45) is 0 Å². The molecule has 0 spiro atoms. The van der Waals surface area contributed by atoms with Crippen LogP contribution >= 0.6 is 11.6 Å². The minimum absolute atomic E-state index is 0.0471. The van der Waals surface area contributed by atoms with Crippen molar-refractivity contribution < 1.29 is 36.3 Å². The Hall–Kier alpha value is -3.73. The van der Waals surface area contributed by atoms with E-state index in [1.54, 1.807) is 23.1 Å². The largest absolute Gasteiger partial charge is 0.491 e. The summed E-state index contributed by atoms with van der Waals surface area (Å²) in [5, 5.41) is 2.39. The lowest BCUT2D eigenvalue weighted by molar-refractivity contribution is 0.0714. The summed E-state index contributed by atoms with van der Waals surface area (Å²) in [6.07, 6.45) is 1.42. The number of benzene rings is 2. The second-order valence-electron chi connectivity index (χ2n) is 7.54. The third kappa shape index (κ3) is 4.63. The quantitative estimate of drug-likeness (QED) is 0.396. The molecule has 4 rings (SSSR count). The Bertz CT molecular complexity index is 1250. The highest BCUT2D eigenvalue weighted by atomic mass is 35.5. The van der Waals surface area contributed by atoms with E-state index in [1.807, 2.05) is 4.90 Å². The molecule has 2 aromatic carbocycles. The molecule has 1 N–H and O–H groups in total. The second kappa shape index (κ2) is 9.87. The van der Waals surface area contributed by atoms with E-state index in [4.69, 9.17) is 16.0 Å². The molecule has 0 bridgehead atoms. The predicted octanol–water partition coefficient (Wildman–Crippen LogP) is 4.71. The van der Waals surface area contributed by atoms with Crippen molar-refractivity contribution in [1.82, 2.24) is 4.90 Å². The van der Waals surface area contributed by atoms with Gasteiger partial charge in [0.2, 0.25) is 11.6 Å². The number of anilines is 2. The molecular formula is C23H18ClF4N3O4. The molecular weight excluding hydrogens is 494 g/mol. The van der Waals surface area contributed by atoms with Gasteiger partial charge < -0.3 is 24.3 Å². The lowest BCUT2D eigenvalue weighted by atomic mass is 10.1. The van der Waals surface area contributed by atoms with Crippen molar-refractivity contribution in [2.75, 3.05) is 43.5 Å². The fourth-order valence-electron chi connectivity index (χ4n) is 3.73. The molecule has 35 heavy (non-hydrogen) atoms. The van der Waals surface area contributed by atoms with Gasteiger partial charge in [0.25, 0.3) is 11.8 Å². The van der Waals surface area contributed by atoms with Crippen LogP contribution in [0, 0.1) is 23.3 Å². The Labute approximate surface area is 201 Å². The second-order valence-corrected chi connectivity index (χ2v) is 7.95. The molecule has 0 unspecified atom stereocenters. The topological polar surface area (TPSA) is 75.0 Å². The lowest BCUT2D eigenvalue weighted by Crippen LogP contribution is -2.48. The van der Waals surface area contributed by atoms with Crippen molar-refractivity contribution in [3.05, 3.63) is 76.2 Å². The molecule has 1 saturated heterocycles. The van der Waals surface area contributed by atoms with Gasteiger partial charge in [0.15, 0.2) is 23.1 Å². The molecule has 1 fully saturated rings. The van der Waals surface area contributed by atoms with Gasteiger partial charge in [0, 0.05) is 31.9 Å². The first-order chi connectivity index (χ1) is 16.7. The lowest BCUT2D eigenvalue weighted by Gasteiger charge is -2.36. The first-order valence-corrected chi connectivity index (χ1v) is 10.7. The molecule has 12 heteroatoms. The van der Waals surface area contributed by atoms with Crippen molar-refractivity contribution in [3.8, 4) is 5.75 Å². The van der Waals surface area contributed by atoms with Crippen LogP contribution in [-0.2, 0) is 0 Å². The third-order valence-electron chi connectivity index (χ3n) is 5.50. The zero-order chi connectivity index (χ0) is 25.3. The maximum atomic E-state index is 14.2. The summed E-state index contributed by atoms with van der Waals surface area (Å²) in [7, 11) is 0.834. The van der Waals surface area contributed by atoms with Crippen molar-refractivity contribution in [2.45, 2.75) is 0 Å². The first kappa shape index (κ1) is 24.4. The van der Waals surface area contributed by atoms with Gasteiger partial charge in [-0.2, -0.15) is 8.78 Å². The Morgan fingerprint density at radius 3 is 2.20 bits per heavy atom. The monoisotopic (exact) mass is 511 g/mol. The maximum absolute atomic E-state index is 14.2. The normalized spacial score (nSPS) is 13.7. The first-order valence-electron chi connectivity index (χ1n) is 10.3. The number of halogens is 5. The molecule has 1 aromatic heterocycles. The number of rotatable bonds is 5. The molecule has 0 saturated carbocycles. The highest BCUT2D eigenvalue weighted by Crippen LogP contribution is 2.32. The van der Waals surface area contributed by atoms with Crippen LogP contribution in [0.1, 0.15) is 20.9 Å². The van der Waals surface area contributed by atoms with Crippen molar-refractivity contribution in [3.63, 3.8) is 0 Å². The molecule has 2 amide bonds. The van der Waals surface area contributed by atoms with Gasteiger partial charge in [-0.15, -0.1) is 0 Å².